The van der Waals surface area contributed by atoms with Crippen molar-refractivity contribution >= 4 is 10.8 Å². The van der Waals surface area contributed by atoms with Crippen LogP contribution in [-0.2, 0) is 10.8 Å². The molecule has 102 valence electrons. The molecule has 1 rings (SSSR count). The lowest BCUT2D eigenvalue weighted by atomic mass is 10.1. The van der Waals surface area contributed by atoms with Crippen LogP contribution in [0.3, 0.4) is 0 Å². The van der Waals surface area contributed by atoms with E-state index >= 15 is 0 Å². The monoisotopic (exact) mass is 269 g/mol. The molecular formula is C14H23NO2S. The summed E-state index contributed by atoms with van der Waals surface area (Å²) in [6, 6.07) is 7.60. The number of benzene rings is 1. The Kier molecular flexibility index (Phi) is 5.50. The van der Waals surface area contributed by atoms with E-state index in [1.165, 1.54) is 0 Å². The predicted octanol–water partition coefficient (Wildman–Crippen LogP) is 1.85. The summed E-state index contributed by atoms with van der Waals surface area (Å²) in [6.07, 6.45) is -0.592. The van der Waals surface area contributed by atoms with Crippen LogP contribution >= 0.6 is 0 Å². The largest absolute Gasteiger partial charge is 0.391 e. The van der Waals surface area contributed by atoms with Crippen LogP contribution in [0.4, 0.5) is 0 Å². The maximum atomic E-state index is 12.1. The highest BCUT2D eigenvalue weighted by molar-refractivity contribution is 7.85. The predicted molar refractivity (Wildman–Crippen MR) is 76.2 cm³/mol. The molecule has 1 aromatic rings. The van der Waals surface area contributed by atoms with Crippen molar-refractivity contribution in [1.29, 1.82) is 0 Å². The number of hydrogen-bond acceptors (Lipinski definition) is 3. The average Bonchev–Trinajstić information content (AvgIpc) is 2.25. The Hall–Kier alpha value is -0.710. The number of nitrogens with one attached hydrogen (secondary N) is 1. The van der Waals surface area contributed by atoms with Crippen LogP contribution in [0.25, 0.3) is 0 Å². The van der Waals surface area contributed by atoms with E-state index in [2.05, 4.69) is 5.32 Å². The lowest BCUT2D eigenvalue weighted by molar-refractivity contribution is 0.182. The summed E-state index contributed by atoms with van der Waals surface area (Å²) >= 11 is 0. The minimum Gasteiger partial charge on any atom is -0.391 e. The molecule has 0 amide bonds. The minimum atomic E-state index is -1.14. The summed E-state index contributed by atoms with van der Waals surface area (Å²) in [5.74, 6) is 0.270. The Bertz CT molecular complexity index is 413. The molecule has 0 aliphatic heterocycles. The SMILES string of the molecule is Cc1cccc(S(=O)CC(O)CNC(C)(C)C)c1. The Morgan fingerprint density at radius 1 is 1.39 bits per heavy atom. The Labute approximate surface area is 112 Å². The van der Waals surface area contributed by atoms with E-state index in [0.29, 0.717) is 6.54 Å². The first-order valence-electron chi connectivity index (χ1n) is 6.16. The normalized spacial score (nSPS) is 15.4. The van der Waals surface area contributed by atoms with Crippen LogP contribution in [-0.4, -0.2) is 33.3 Å². The van der Waals surface area contributed by atoms with E-state index < -0.39 is 16.9 Å². The molecule has 0 bridgehead atoms. The number of aliphatic hydroxyl groups is 1. The molecule has 0 spiro atoms. The van der Waals surface area contributed by atoms with Crippen LogP contribution in [0, 0.1) is 6.92 Å². The van der Waals surface area contributed by atoms with Crippen LogP contribution in [0.5, 0.6) is 0 Å². The molecule has 18 heavy (non-hydrogen) atoms. The van der Waals surface area contributed by atoms with E-state index in [4.69, 9.17) is 0 Å². The molecule has 0 aromatic heterocycles. The molecule has 2 unspecified atom stereocenters. The van der Waals surface area contributed by atoms with Gasteiger partial charge in [-0.1, -0.05) is 12.1 Å². The topological polar surface area (TPSA) is 49.3 Å². The summed E-state index contributed by atoms with van der Waals surface area (Å²) in [4.78, 5) is 0.782. The van der Waals surface area contributed by atoms with Gasteiger partial charge in [-0.3, -0.25) is 4.21 Å². The Morgan fingerprint density at radius 3 is 2.61 bits per heavy atom. The van der Waals surface area contributed by atoms with E-state index in [0.717, 1.165) is 10.5 Å². The maximum absolute atomic E-state index is 12.1. The molecule has 3 nitrogen and oxygen atoms in total. The lowest BCUT2D eigenvalue weighted by Gasteiger charge is -2.22. The first kappa shape index (κ1) is 15.3. The summed E-state index contributed by atoms with van der Waals surface area (Å²) in [5, 5.41) is 13.1. The van der Waals surface area contributed by atoms with Crippen molar-refractivity contribution in [3.63, 3.8) is 0 Å². The number of rotatable bonds is 5. The van der Waals surface area contributed by atoms with E-state index in [9.17, 15) is 9.32 Å². The molecule has 0 heterocycles. The molecule has 2 N–H and O–H groups in total. The van der Waals surface area contributed by atoms with Crippen LogP contribution < -0.4 is 5.32 Å². The molecule has 0 fully saturated rings. The second-order valence-corrected chi connectivity index (χ2v) is 7.11. The maximum Gasteiger partial charge on any atom is 0.0783 e. The third-order valence-corrected chi connectivity index (χ3v) is 3.93. The highest BCUT2D eigenvalue weighted by Gasteiger charge is 2.15. The fourth-order valence-corrected chi connectivity index (χ4v) is 2.72. The van der Waals surface area contributed by atoms with Gasteiger partial charge in [0, 0.05) is 17.0 Å². The third-order valence-electron chi connectivity index (χ3n) is 2.46. The first-order chi connectivity index (χ1) is 8.28. The van der Waals surface area contributed by atoms with Gasteiger partial charge in [0.15, 0.2) is 0 Å². The van der Waals surface area contributed by atoms with Gasteiger partial charge in [-0.15, -0.1) is 0 Å². The number of hydrogen-bond donors (Lipinski definition) is 2. The highest BCUT2D eigenvalue weighted by atomic mass is 32.2. The van der Waals surface area contributed by atoms with Crippen molar-refractivity contribution in [3.8, 4) is 0 Å². The first-order valence-corrected chi connectivity index (χ1v) is 7.48. The minimum absolute atomic E-state index is 0.0359. The van der Waals surface area contributed by atoms with Crippen molar-refractivity contribution in [3.05, 3.63) is 29.8 Å². The fraction of sp³-hybridized carbons (Fsp3) is 0.571. The van der Waals surface area contributed by atoms with Gasteiger partial charge in [-0.2, -0.15) is 0 Å². The number of aryl methyl sites for hydroxylation is 1. The van der Waals surface area contributed by atoms with Gasteiger partial charge >= 0.3 is 0 Å². The molecule has 4 heteroatoms. The molecule has 0 saturated carbocycles. The zero-order chi connectivity index (χ0) is 13.8. The van der Waals surface area contributed by atoms with Gasteiger partial charge in [-0.05, 0) is 45.4 Å². The van der Waals surface area contributed by atoms with Gasteiger partial charge in [0.2, 0.25) is 0 Å². The molecular weight excluding hydrogens is 246 g/mol. The number of β-amino-alcohol motifs (C(OH)–C–C–N with tert-alkyl or cyclic N) is 1. The fourth-order valence-electron chi connectivity index (χ4n) is 1.51. The van der Waals surface area contributed by atoms with Crippen LogP contribution in [0.15, 0.2) is 29.2 Å². The summed E-state index contributed by atoms with van der Waals surface area (Å²) in [7, 11) is -1.14. The summed E-state index contributed by atoms with van der Waals surface area (Å²) in [5.41, 5.74) is 1.05. The van der Waals surface area contributed by atoms with Gasteiger partial charge in [-0.25, -0.2) is 0 Å². The quantitative estimate of drug-likeness (QED) is 0.857. The zero-order valence-corrected chi connectivity index (χ0v) is 12.4. The van der Waals surface area contributed by atoms with Crippen molar-refractivity contribution < 1.29 is 9.32 Å². The summed E-state index contributed by atoms with van der Waals surface area (Å²) in [6.45, 7) is 8.55. The Morgan fingerprint density at radius 2 is 2.06 bits per heavy atom. The van der Waals surface area contributed by atoms with Gasteiger partial charge in [0.25, 0.3) is 0 Å². The Balaban J connectivity index is 2.50. The van der Waals surface area contributed by atoms with Gasteiger partial charge in [0.1, 0.15) is 0 Å². The standard InChI is InChI=1S/C14H23NO2S/c1-11-6-5-7-13(8-11)18(17)10-12(16)9-15-14(2,3)4/h5-8,12,15-16H,9-10H2,1-4H3. The third kappa shape index (κ3) is 5.76. The molecule has 1 aromatic carbocycles. The smallest absolute Gasteiger partial charge is 0.0783 e. The molecule has 0 aliphatic carbocycles. The van der Waals surface area contributed by atoms with Crippen molar-refractivity contribution in [2.75, 3.05) is 12.3 Å². The van der Waals surface area contributed by atoms with Crippen molar-refractivity contribution in [1.82, 2.24) is 5.32 Å². The average molecular weight is 269 g/mol. The highest BCUT2D eigenvalue weighted by Crippen LogP contribution is 2.10. The lowest BCUT2D eigenvalue weighted by Crippen LogP contribution is -2.42. The molecule has 0 aliphatic rings. The van der Waals surface area contributed by atoms with Crippen LogP contribution in [0.2, 0.25) is 0 Å². The second kappa shape index (κ2) is 6.45. The summed E-state index contributed by atoms with van der Waals surface area (Å²) < 4.78 is 12.1. The van der Waals surface area contributed by atoms with E-state index in [1.54, 1.807) is 0 Å². The van der Waals surface area contributed by atoms with E-state index in [1.807, 2.05) is 52.0 Å². The molecule has 2 atom stereocenters. The van der Waals surface area contributed by atoms with Gasteiger partial charge < -0.3 is 10.4 Å². The number of aliphatic hydroxyl groups excluding tert-OH is 1. The molecule has 0 saturated heterocycles. The van der Waals surface area contributed by atoms with Crippen LogP contribution in [0.1, 0.15) is 26.3 Å². The second-order valence-electron chi connectivity index (χ2n) is 5.61. The van der Waals surface area contributed by atoms with Crippen molar-refractivity contribution in [2.24, 2.45) is 0 Å². The zero-order valence-electron chi connectivity index (χ0n) is 11.6. The molecule has 0 radical (unpaired) electrons. The van der Waals surface area contributed by atoms with Crippen molar-refractivity contribution in [2.45, 2.75) is 44.2 Å². The van der Waals surface area contributed by atoms with Gasteiger partial charge in [0.05, 0.1) is 22.7 Å². The van der Waals surface area contributed by atoms with E-state index in [-0.39, 0.29) is 11.3 Å².